The van der Waals surface area contributed by atoms with Crippen LogP contribution < -0.4 is 9.62 Å². The Labute approximate surface area is 224 Å². The first-order valence-corrected chi connectivity index (χ1v) is 13.7. The van der Waals surface area contributed by atoms with Gasteiger partial charge >= 0.3 is 0 Å². The summed E-state index contributed by atoms with van der Waals surface area (Å²) in [4.78, 5) is 27.7. The number of aryl methyl sites for hydroxylation is 3. The highest BCUT2D eigenvalue weighted by Gasteiger charge is 2.32. The van der Waals surface area contributed by atoms with Gasteiger partial charge in [-0.2, -0.15) is 0 Å². The van der Waals surface area contributed by atoms with Crippen LogP contribution in [0, 0.1) is 20.8 Å². The molecular weight excluding hydrogens is 510 g/mol. The zero-order valence-electron chi connectivity index (χ0n) is 21.7. The number of hydrogen-bond donors (Lipinski definition) is 1. The number of nitrogens with one attached hydrogen (secondary N) is 1. The average molecular weight is 542 g/mol. The number of anilines is 1. The number of amides is 2. The number of nitrogens with zero attached hydrogens (tertiary/aromatic N) is 2. The maximum atomic E-state index is 13.8. The van der Waals surface area contributed by atoms with Crippen LogP contribution in [-0.4, -0.2) is 44.8 Å². The lowest BCUT2D eigenvalue weighted by Gasteiger charge is -2.32. The largest absolute Gasteiger partial charge is 0.357 e. The predicted octanol–water partition coefficient (Wildman–Crippen LogP) is 4.62. The number of sulfonamides is 1. The van der Waals surface area contributed by atoms with Gasteiger partial charge in [0.05, 0.1) is 10.6 Å². The maximum absolute atomic E-state index is 13.8. The summed E-state index contributed by atoms with van der Waals surface area (Å²) in [6.45, 7) is 7.06. The predicted molar refractivity (Wildman–Crippen MR) is 147 cm³/mol. The SMILES string of the molecule is CNC(=O)[C@@H](C)N(Cc1ccc(C)cc1)C(=O)CN(c1ccc(C)c(C)c1)S(=O)(=O)c1ccc(Cl)cc1. The van der Waals surface area contributed by atoms with Gasteiger partial charge in [0, 0.05) is 18.6 Å². The van der Waals surface area contributed by atoms with E-state index < -0.39 is 28.5 Å². The second kappa shape index (κ2) is 11.8. The Balaban J connectivity index is 2.05. The maximum Gasteiger partial charge on any atom is 0.264 e. The van der Waals surface area contributed by atoms with Gasteiger partial charge in [0.1, 0.15) is 12.6 Å². The second-order valence-electron chi connectivity index (χ2n) is 9.03. The summed E-state index contributed by atoms with van der Waals surface area (Å²) in [5.74, 6) is -0.855. The van der Waals surface area contributed by atoms with Crippen molar-refractivity contribution in [2.75, 3.05) is 17.9 Å². The highest BCUT2D eigenvalue weighted by Crippen LogP contribution is 2.27. The number of carbonyl (C=O) groups excluding carboxylic acids is 2. The number of hydrogen-bond acceptors (Lipinski definition) is 4. The van der Waals surface area contributed by atoms with Gasteiger partial charge in [-0.3, -0.25) is 13.9 Å². The van der Waals surface area contributed by atoms with Gasteiger partial charge < -0.3 is 10.2 Å². The first-order chi connectivity index (χ1) is 17.4. The van der Waals surface area contributed by atoms with Gasteiger partial charge in [0.25, 0.3) is 10.0 Å². The van der Waals surface area contributed by atoms with E-state index >= 15 is 0 Å². The monoisotopic (exact) mass is 541 g/mol. The molecular formula is C28H32ClN3O4S. The molecule has 0 aliphatic rings. The van der Waals surface area contributed by atoms with Crippen molar-refractivity contribution in [3.05, 3.63) is 94.0 Å². The lowest BCUT2D eigenvalue weighted by molar-refractivity contribution is -0.139. The molecule has 9 heteroatoms. The van der Waals surface area contributed by atoms with Crippen LogP contribution in [0.15, 0.2) is 71.6 Å². The van der Waals surface area contributed by atoms with Crippen LogP contribution in [0.4, 0.5) is 5.69 Å². The van der Waals surface area contributed by atoms with E-state index in [9.17, 15) is 18.0 Å². The zero-order valence-corrected chi connectivity index (χ0v) is 23.2. The van der Waals surface area contributed by atoms with Crippen LogP contribution in [0.25, 0.3) is 0 Å². The minimum atomic E-state index is -4.13. The second-order valence-corrected chi connectivity index (χ2v) is 11.3. The summed E-state index contributed by atoms with van der Waals surface area (Å²) in [7, 11) is -2.63. The number of halogens is 1. The molecule has 3 rings (SSSR count). The Morgan fingerprint density at radius 1 is 0.919 bits per heavy atom. The van der Waals surface area contributed by atoms with Gasteiger partial charge in [-0.25, -0.2) is 8.42 Å². The summed E-state index contributed by atoms with van der Waals surface area (Å²) < 4.78 is 28.7. The van der Waals surface area contributed by atoms with Crippen molar-refractivity contribution in [1.29, 1.82) is 0 Å². The summed E-state index contributed by atoms with van der Waals surface area (Å²) in [6, 6.07) is 17.8. The lowest BCUT2D eigenvalue weighted by atomic mass is 10.1. The molecule has 0 bridgehead atoms. The van der Waals surface area contributed by atoms with E-state index in [0.717, 1.165) is 26.6 Å². The molecule has 1 N–H and O–H groups in total. The van der Waals surface area contributed by atoms with Crippen LogP contribution in [-0.2, 0) is 26.2 Å². The molecule has 0 spiro atoms. The molecule has 0 saturated heterocycles. The van der Waals surface area contributed by atoms with Crippen molar-refractivity contribution in [2.45, 2.75) is 45.2 Å². The molecule has 3 aromatic carbocycles. The number of benzene rings is 3. The van der Waals surface area contributed by atoms with E-state index in [0.29, 0.717) is 10.7 Å². The van der Waals surface area contributed by atoms with Crippen LogP contribution in [0.2, 0.25) is 5.02 Å². The average Bonchev–Trinajstić information content (AvgIpc) is 2.87. The van der Waals surface area contributed by atoms with Gasteiger partial charge in [0.15, 0.2) is 0 Å². The molecule has 2 amide bonds. The molecule has 0 aliphatic carbocycles. The Kier molecular flexibility index (Phi) is 8.99. The van der Waals surface area contributed by atoms with Gasteiger partial charge in [0.2, 0.25) is 11.8 Å². The smallest absolute Gasteiger partial charge is 0.264 e. The van der Waals surface area contributed by atoms with Crippen molar-refractivity contribution < 1.29 is 18.0 Å². The molecule has 196 valence electrons. The van der Waals surface area contributed by atoms with Gasteiger partial charge in [-0.1, -0.05) is 47.5 Å². The van der Waals surface area contributed by atoms with E-state index in [-0.39, 0.29) is 17.3 Å². The number of likely N-dealkylation sites (N-methyl/N-ethyl adjacent to an activating group) is 1. The molecule has 0 saturated carbocycles. The van der Waals surface area contributed by atoms with Crippen molar-refractivity contribution in [1.82, 2.24) is 10.2 Å². The van der Waals surface area contributed by atoms with Crippen molar-refractivity contribution in [2.24, 2.45) is 0 Å². The molecule has 3 aromatic rings. The van der Waals surface area contributed by atoms with E-state index in [1.807, 2.05) is 51.1 Å². The van der Waals surface area contributed by atoms with Crippen LogP contribution in [0.3, 0.4) is 0 Å². The Bertz CT molecular complexity index is 1370. The minimum absolute atomic E-state index is 0.00682. The first kappa shape index (κ1) is 28.2. The zero-order chi connectivity index (χ0) is 27.3. The topological polar surface area (TPSA) is 86.8 Å². The molecule has 0 unspecified atom stereocenters. The molecule has 7 nitrogen and oxygen atoms in total. The van der Waals surface area contributed by atoms with Gasteiger partial charge in [-0.15, -0.1) is 0 Å². The highest BCUT2D eigenvalue weighted by molar-refractivity contribution is 7.92. The summed E-state index contributed by atoms with van der Waals surface area (Å²) >= 11 is 5.98. The van der Waals surface area contributed by atoms with E-state index in [1.165, 1.54) is 36.2 Å². The fourth-order valence-corrected chi connectivity index (χ4v) is 5.36. The Hall–Kier alpha value is -3.36. The first-order valence-electron chi connectivity index (χ1n) is 11.9. The molecule has 0 heterocycles. The Morgan fingerprint density at radius 2 is 1.54 bits per heavy atom. The van der Waals surface area contributed by atoms with Crippen molar-refractivity contribution >= 4 is 39.1 Å². The molecule has 0 aliphatic heterocycles. The van der Waals surface area contributed by atoms with Crippen LogP contribution in [0.5, 0.6) is 0 Å². The van der Waals surface area contributed by atoms with E-state index in [4.69, 9.17) is 11.6 Å². The quantitative estimate of drug-likeness (QED) is 0.428. The van der Waals surface area contributed by atoms with Gasteiger partial charge in [-0.05, 0) is 80.8 Å². The summed E-state index contributed by atoms with van der Waals surface area (Å²) in [5, 5.41) is 2.98. The van der Waals surface area contributed by atoms with Crippen molar-refractivity contribution in [3.8, 4) is 0 Å². The fourth-order valence-electron chi connectivity index (χ4n) is 3.82. The Morgan fingerprint density at radius 3 is 2.11 bits per heavy atom. The third kappa shape index (κ3) is 6.70. The van der Waals surface area contributed by atoms with E-state index in [1.54, 1.807) is 19.1 Å². The molecule has 0 radical (unpaired) electrons. The van der Waals surface area contributed by atoms with E-state index in [2.05, 4.69) is 5.32 Å². The molecule has 1 atom stereocenters. The van der Waals surface area contributed by atoms with Crippen LogP contribution in [0.1, 0.15) is 29.2 Å². The fraction of sp³-hybridized carbons (Fsp3) is 0.286. The number of rotatable bonds is 9. The molecule has 37 heavy (non-hydrogen) atoms. The molecule has 0 aromatic heterocycles. The summed E-state index contributed by atoms with van der Waals surface area (Å²) in [5.41, 5.74) is 4.13. The lowest BCUT2D eigenvalue weighted by Crippen LogP contribution is -2.50. The van der Waals surface area contributed by atoms with Crippen LogP contribution >= 0.6 is 11.6 Å². The third-order valence-corrected chi connectivity index (χ3v) is 8.39. The summed E-state index contributed by atoms with van der Waals surface area (Å²) in [6.07, 6.45) is 0. The third-order valence-electron chi connectivity index (χ3n) is 6.35. The van der Waals surface area contributed by atoms with Crippen molar-refractivity contribution in [3.63, 3.8) is 0 Å². The normalized spacial score (nSPS) is 12.1. The highest BCUT2D eigenvalue weighted by atomic mass is 35.5. The number of carbonyl (C=O) groups is 2. The molecule has 0 fully saturated rings. The standard InChI is InChI=1S/C28H32ClN3O4S/c1-19-6-9-23(10-7-19)17-31(22(4)28(34)30-5)27(33)18-32(25-13-8-20(2)21(3)16-25)37(35,36)26-14-11-24(29)12-15-26/h6-16,22H,17-18H2,1-5H3,(H,30,34)/t22-/m1/s1. The minimum Gasteiger partial charge on any atom is -0.357 e.